The van der Waals surface area contributed by atoms with Crippen molar-refractivity contribution >= 4 is 28.0 Å². The van der Waals surface area contributed by atoms with Gasteiger partial charge in [0.1, 0.15) is 5.75 Å². The molecule has 4 nitrogen and oxygen atoms in total. The van der Waals surface area contributed by atoms with Crippen LogP contribution in [0.4, 0.5) is 4.79 Å². The second-order valence-corrected chi connectivity index (χ2v) is 6.28. The Morgan fingerprint density at radius 1 is 1.38 bits per heavy atom. The predicted octanol–water partition coefficient (Wildman–Crippen LogP) is 3.91. The normalized spacial score (nSPS) is 11.2. The molecule has 114 valence electrons. The molecule has 1 aromatic heterocycles. The van der Waals surface area contributed by atoms with Gasteiger partial charge < -0.3 is 14.6 Å². The topological polar surface area (TPSA) is 45.3 Å². The first kappa shape index (κ1) is 15.9. The summed E-state index contributed by atoms with van der Waals surface area (Å²) in [5.41, 5.74) is 2.19. The van der Waals surface area contributed by atoms with Crippen molar-refractivity contribution < 1.29 is 9.53 Å². The van der Waals surface area contributed by atoms with Gasteiger partial charge in [0.25, 0.3) is 0 Å². The summed E-state index contributed by atoms with van der Waals surface area (Å²) in [6, 6.07) is 5.77. The van der Waals surface area contributed by atoms with Gasteiger partial charge in [-0.2, -0.15) is 0 Å². The minimum atomic E-state index is -0.232. The number of aromatic nitrogens is 1. The fraction of sp³-hybridized carbons (Fsp3) is 0.438. The molecular weight excluding hydrogens is 284 g/mol. The molecule has 2 rings (SSSR count). The van der Waals surface area contributed by atoms with E-state index in [2.05, 4.69) is 24.0 Å². The summed E-state index contributed by atoms with van der Waals surface area (Å²) in [6.45, 7) is 3.01. The molecule has 21 heavy (non-hydrogen) atoms. The number of hydrogen-bond donors (Lipinski definition) is 1. The third kappa shape index (κ3) is 4.25. The maximum absolute atomic E-state index is 11.8. The Hall–Kier alpha value is -1.46. The Balaban J connectivity index is 2.22. The minimum absolute atomic E-state index is 0.232. The Morgan fingerprint density at radius 3 is 2.90 bits per heavy atom. The zero-order valence-electron chi connectivity index (χ0n) is 12.8. The molecule has 1 heterocycles. The third-order valence-electron chi connectivity index (χ3n) is 3.19. The van der Waals surface area contributed by atoms with E-state index in [1.54, 1.807) is 0 Å². The maximum atomic E-state index is 11.8. The summed E-state index contributed by atoms with van der Waals surface area (Å²) in [5, 5.41) is 0.786. The molecule has 0 fully saturated rings. The Morgan fingerprint density at radius 2 is 2.19 bits per heavy atom. The van der Waals surface area contributed by atoms with E-state index in [9.17, 15) is 4.79 Å². The molecule has 0 aliphatic rings. The number of ether oxygens (including phenoxy) is 1. The molecule has 0 atom stereocenters. The monoisotopic (exact) mass is 306 g/mol. The van der Waals surface area contributed by atoms with Gasteiger partial charge in [-0.3, -0.25) is 0 Å². The average molecular weight is 306 g/mol. The Labute approximate surface area is 129 Å². The number of nitrogens with zero attached hydrogens (tertiary/aromatic N) is 1. The van der Waals surface area contributed by atoms with E-state index in [0.29, 0.717) is 5.75 Å². The van der Waals surface area contributed by atoms with Crippen LogP contribution >= 0.6 is 11.8 Å². The van der Waals surface area contributed by atoms with Crippen LogP contribution in [0, 0.1) is 0 Å². The fourth-order valence-corrected chi connectivity index (χ4v) is 2.67. The lowest BCUT2D eigenvalue weighted by Gasteiger charge is -2.10. The number of likely N-dealkylation sites (N-methyl/N-ethyl adjacent to an activating group) is 1. The summed E-state index contributed by atoms with van der Waals surface area (Å²) in [6.07, 6.45) is 3.89. The summed E-state index contributed by atoms with van der Waals surface area (Å²) in [4.78, 5) is 17.2. The molecule has 0 saturated heterocycles. The van der Waals surface area contributed by atoms with Crippen molar-refractivity contribution in [3.63, 3.8) is 0 Å². The van der Waals surface area contributed by atoms with Crippen molar-refractivity contribution in [2.45, 2.75) is 19.8 Å². The van der Waals surface area contributed by atoms with Gasteiger partial charge in [-0.1, -0.05) is 13.0 Å². The molecule has 0 saturated carbocycles. The Bertz CT molecular complexity index is 607. The number of carbonyl (C=O) groups is 1. The van der Waals surface area contributed by atoms with Crippen molar-refractivity contribution in [2.24, 2.45) is 0 Å². The summed E-state index contributed by atoms with van der Waals surface area (Å²) < 4.78 is 5.53. The van der Waals surface area contributed by atoms with E-state index in [-0.39, 0.29) is 5.30 Å². The van der Waals surface area contributed by atoms with Crippen molar-refractivity contribution in [3.05, 3.63) is 30.0 Å². The number of aromatic amines is 1. The van der Waals surface area contributed by atoms with Crippen molar-refractivity contribution in [2.75, 3.05) is 26.4 Å². The molecule has 1 N–H and O–H groups in total. The first-order valence-electron chi connectivity index (χ1n) is 7.20. The van der Waals surface area contributed by atoms with Crippen LogP contribution in [0.1, 0.15) is 18.9 Å². The highest BCUT2D eigenvalue weighted by Gasteiger charge is 2.13. The smallest absolute Gasteiger partial charge is 0.372 e. The van der Waals surface area contributed by atoms with Gasteiger partial charge in [-0.15, -0.1) is 0 Å². The molecule has 0 bridgehead atoms. The SMILES string of the molecule is CCCSC(=O)Oc1cccc2[nH]cc(CCN(C)C)c12. The molecule has 0 amide bonds. The van der Waals surface area contributed by atoms with Crippen LogP contribution < -0.4 is 4.74 Å². The number of nitrogens with one attached hydrogen (secondary N) is 1. The van der Waals surface area contributed by atoms with Crippen LogP contribution in [-0.4, -0.2) is 41.6 Å². The molecule has 0 radical (unpaired) electrons. The van der Waals surface area contributed by atoms with E-state index >= 15 is 0 Å². The van der Waals surface area contributed by atoms with Crippen LogP contribution in [0.5, 0.6) is 5.75 Å². The van der Waals surface area contributed by atoms with Gasteiger partial charge >= 0.3 is 5.30 Å². The van der Waals surface area contributed by atoms with Crippen LogP contribution in [0.15, 0.2) is 24.4 Å². The molecular formula is C16H22N2O2S. The highest BCUT2D eigenvalue weighted by molar-refractivity contribution is 8.13. The number of carbonyl (C=O) groups excluding carboxylic acids is 1. The van der Waals surface area contributed by atoms with E-state index in [1.165, 1.54) is 17.3 Å². The highest BCUT2D eigenvalue weighted by atomic mass is 32.2. The molecule has 1 aromatic carbocycles. The number of thioether (sulfide) groups is 1. The average Bonchev–Trinajstić information content (AvgIpc) is 2.87. The second kappa shape index (κ2) is 7.52. The zero-order valence-corrected chi connectivity index (χ0v) is 13.6. The van der Waals surface area contributed by atoms with Gasteiger partial charge in [-0.25, -0.2) is 4.79 Å². The largest absolute Gasteiger partial charge is 0.418 e. The zero-order chi connectivity index (χ0) is 15.2. The lowest BCUT2D eigenvalue weighted by Crippen LogP contribution is -2.15. The van der Waals surface area contributed by atoms with E-state index in [4.69, 9.17) is 4.74 Å². The molecule has 0 unspecified atom stereocenters. The summed E-state index contributed by atoms with van der Waals surface area (Å²) in [7, 11) is 4.11. The van der Waals surface area contributed by atoms with Crippen LogP contribution in [-0.2, 0) is 6.42 Å². The van der Waals surface area contributed by atoms with Gasteiger partial charge in [0.2, 0.25) is 0 Å². The number of fused-ring (bicyclic) bond motifs is 1. The number of rotatable bonds is 6. The molecule has 2 aromatic rings. The first-order valence-corrected chi connectivity index (χ1v) is 8.18. The van der Waals surface area contributed by atoms with E-state index in [0.717, 1.165) is 36.0 Å². The lowest BCUT2D eigenvalue weighted by molar-refractivity contribution is 0.227. The highest BCUT2D eigenvalue weighted by Crippen LogP contribution is 2.30. The summed E-state index contributed by atoms with van der Waals surface area (Å²) in [5.74, 6) is 1.44. The maximum Gasteiger partial charge on any atom is 0.372 e. The standard InChI is InChI=1S/C16H22N2O2S/c1-4-10-21-16(19)20-14-7-5-6-13-15(14)12(11-17-13)8-9-18(2)3/h5-7,11,17H,4,8-10H2,1-3H3. The van der Waals surface area contributed by atoms with Crippen LogP contribution in [0.3, 0.4) is 0 Å². The van der Waals surface area contributed by atoms with Gasteiger partial charge in [0.15, 0.2) is 0 Å². The second-order valence-electron chi connectivity index (χ2n) is 5.25. The van der Waals surface area contributed by atoms with Crippen LogP contribution in [0.2, 0.25) is 0 Å². The van der Waals surface area contributed by atoms with E-state index in [1.807, 2.05) is 31.3 Å². The fourth-order valence-electron chi connectivity index (χ4n) is 2.15. The van der Waals surface area contributed by atoms with Crippen molar-refractivity contribution in [3.8, 4) is 5.75 Å². The van der Waals surface area contributed by atoms with Gasteiger partial charge in [0.05, 0.1) is 0 Å². The summed E-state index contributed by atoms with van der Waals surface area (Å²) >= 11 is 1.23. The third-order valence-corrected chi connectivity index (χ3v) is 4.13. The van der Waals surface area contributed by atoms with Gasteiger partial charge in [-0.05, 0) is 56.4 Å². The Kier molecular flexibility index (Phi) is 5.70. The molecule has 0 aliphatic carbocycles. The van der Waals surface area contributed by atoms with Gasteiger partial charge in [0, 0.05) is 29.4 Å². The molecule has 0 aliphatic heterocycles. The molecule has 0 spiro atoms. The quantitative estimate of drug-likeness (QED) is 0.822. The minimum Gasteiger partial charge on any atom is -0.418 e. The molecule has 5 heteroatoms. The van der Waals surface area contributed by atoms with E-state index < -0.39 is 0 Å². The van der Waals surface area contributed by atoms with Crippen LogP contribution in [0.25, 0.3) is 10.9 Å². The first-order chi connectivity index (χ1) is 10.1. The number of hydrogen-bond acceptors (Lipinski definition) is 4. The number of H-pyrrole nitrogens is 1. The number of benzene rings is 1. The van der Waals surface area contributed by atoms with Crippen molar-refractivity contribution in [1.82, 2.24) is 9.88 Å². The lowest BCUT2D eigenvalue weighted by atomic mass is 10.1. The van der Waals surface area contributed by atoms with Crippen molar-refractivity contribution in [1.29, 1.82) is 0 Å². The predicted molar refractivity (Wildman–Crippen MR) is 89.3 cm³/mol.